The van der Waals surface area contributed by atoms with Crippen molar-refractivity contribution in [2.45, 2.75) is 88.4 Å². The highest BCUT2D eigenvalue weighted by atomic mass is 16.3. The standard InChI is InChI=1S/C16H30N2O/c1-2-14-5-3-4-10-18(14)15-8-9-16(11-15,12-19)17-13-6-7-13/h13-15,17,19H,2-12H2,1H3. The molecule has 3 unspecified atom stereocenters. The van der Waals surface area contributed by atoms with Crippen LogP contribution in [0.1, 0.15) is 64.7 Å². The molecule has 2 N–H and O–H groups in total. The minimum Gasteiger partial charge on any atom is -0.394 e. The van der Waals surface area contributed by atoms with Crippen LogP contribution in [-0.2, 0) is 0 Å². The number of nitrogens with zero attached hydrogens (tertiary/aromatic N) is 1. The van der Waals surface area contributed by atoms with Crippen molar-refractivity contribution in [2.75, 3.05) is 13.2 Å². The van der Waals surface area contributed by atoms with Crippen LogP contribution < -0.4 is 5.32 Å². The van der Waals surface area contributed by atoms with E-state index in [4.69, 9.17) is 0 Å². The fraction of sp³-hybridized carbons (Fsp3) is 1.00. The highest BCUT2D eigenvalue weighted by molar-refractivity contribution is 5.04. The largest absolute Gasteiger partial charge is 0.394 e. The third-order valence-corrected chi connectivity index (χ3v) is 5.59. The van der Waals surface area contributed by atoms with Crippen LogP contribution in [0.5, 0.6) is 0 Å². The van der Waals surface area contributed by atoms with Crippen molar-refractivity contribution in [3.05, 3.63) is 0 Å². The minimum atomic E-state index is 0.0432. The van der Waals surface area contributed by atoms with E-state index in [2.05, 4.69) is 17.1 Å². The van der Waals surface area contributed by atoms with Crippen molar-refractivity contribution < 1.29 is 5.11 Å². The average molecular weight is 266 g/mol. The molecule has 3 atom stereocenters. The van der Waals surface area contributed by atoms with Gasteiger partial charge in [0.05, 0.1) is 6.61 Å². The number of rotatable bonds is 5. The lowest BCUT2D eigenvalue weighted by Gasteiger charge is -2.40. The zero-order chi connectivity index (χ0) is 13.3. The topological polar surface area (TPSA) is 35.5 Å². The van der Waals surface area contributed by atoms with Crippen molar-refractivity contribution in [3.63, 3.8) is 0 Å². The Hall–Kier alpha value is -0.120. The maximum Gasteiger partial charge on any atom is 0.0614 e. The molecule has 3 rings (SSSR count). The summed E-state index contributed by atoms with van der Waals surface area (Å²) in [5.41, 5.74) is 0.0432. The van der Waals surface area contributed by atoms with E-state index in [9.17, 15) is 5.11 Å². The summed E-state index contributed by atoms with van der Waals surface area (Å²) in [5, 5.41) is 13.6. The summed E-state index contributed by atoms with van der Waals surface area (Å²) in [7, 11) is 0. The van der Waals surface area contributed by atoms with Gasteiger partial charge in [-0.2, -0.15) is 0 Å². The fourth-order valence-corrected chi connectivity index (χ4v) is 4.30. The average Bonchev–Trinajstić information content (AvgIpc) is 3.16. The van der Waals surface area contributed by atoms with Crippen LogP contribution in [-0.4, -0.2) is 46.8 Å². The summed E-state index contributed by atoms with van der Waals surface area (Å²) in [6.07, 6.45) is 11.7. The normalized spacial score (nSPS) is 40.7. The Morgan fingerprint density at radius 3 is 2.74 bits per heavy atom. The maximum atomic E-state index is 9.85. The molecular formula is C16H30N2O. The number of nitrogens with one attached hydrogen (secondary N) is 1. The van der Waals surface area contributed by atoms with Gasteiger partial charge in [-0.1, -0.05) is 13.3 Å². The monoisotopic (exact) mass is 266 g/mol. The lowest BCUT2D eigenvalue weighted by Crippen LogP contribution is -2.51. The van der Waals surface area contributed by atoms with Gasteiger partial charge in [-0.05, 0) is 57.9 Å². The van der Waals surface area contributed by atoms with E-state index in [1.54, 1.807) is 0 Å². The Morgan fingerprint density at radius 2 is 2.05 bits per heavy atom. The van der Waals surface area contributed by atoms with E-state index in [1.165, 1.54) is 51.5 Å². The molecule has 1 heterocycles. The maximum absolute atomic E-state index is 9.85. The third-order valence-electron chi connectivity index (χ3n) is 5.59. The SMILES string of the molecule is CCC1CCCCN1C1CCC(CO)(NC2CC2)C1. The van der Waals surface area contributed by atoms with Gasteiger partial charge in [-0.15, -0.1) is 0 Å². The highest BCUT2D eigenvalue weighted by Crippen LogP contribution is 2.38. The molecule has 0 spiro atoms. The molecule has 1 saturated heterocycles. The lowest BCUT2D eigenvalue weighted by molar-refractivity contribution is 0.0821. The Morgan fingerprint density at radius 1 is 1.21 bits per heavy atom. The first kappa shape index (κ1) is 13.8. The molecule has 0 aromatic rings. The quantitative estimate of drug-likeness (QED) is 0.801. The number of hydrogen-bond donors (Lipinski definition) is 2. The summed E-state index contributed by atoms with van der Waals surface area (Å²) >= 11 is 0. The van der Waals surface area contributed by atoms with E-state index in [0.717, 1.165) is 18.9 Å². The Bertz CT molecular complexity index is 305. The fourth-order valence-electron chi connectivity index (χ4n) is 4.30. The second-order valence-electron chi connectivity index (χ2n) is 7.05. The van der Waals surface area contributed by atoms with Gasteiger partial charge in [0.2, 0.25) is 0 Å². The number of piperidine rings is 1. The Labute approximate surface area is 117 Å². The first-order valence-electron chi connectivity index (χ1n) is 8.40. The molecule has 3 fully saturated rings. The zero-order valence-corrected chi connectivity index (χ0v) is 12.4. The van der Waals surface area contributed by atoms with Gasteiger partial charge >= 0.3 is 0 Å². The van der Waals surface area contributed by atoms with Gasteiger partial charge in [0, 0.05) is 23.7 Å². The molecule has 110 valence electrons. The third kappa shape index (κ3) is 2.98. The van der Waals surface area contributed by atoms with Crippen LogP contribution in [0.15, 0.2) is 0 Å². The number of likely N-dealkylation sites (tertiary alicyclic amines) is 1. The Kier molecular flexibility index (Phi) is 4.16. The number of hydrogen-bond acceptors (Lipinski definition) is 3. The summed E-state index contributed by atoms with van der Waals surface area (Å²) in [5.74, 6) is 0. The molecule has 0 amide bonds. The number of aliphatic hydroxyl groups excluding tert-OH is 1. The first-order valence-corrected chi connectivity index (χ1v) is 8.40. The van der Waals surface area contributed by atoms with Crippen LogP contribution in [0, 0.1) is 0 Å². The molecule has 0 radical (unpaired) electrons. The molecule has 3 nitrogen and oxygen atoms in total. The summed E-state index contributed by atoms with van der Waals surface area (Å²) in [4.78, 5) is 2.77. The first-order chi connectivity index (χ1) is 9.26. The van der Waals surface area contributed by atoms with Crippen LogP contribution in [0.25, 0.3) is 0 Å². The van der Waals surface area contributed by atoms with Crippen LogP contribution in [0.4, 0.5) is 0 Å². The van der Waals surface area contributed by atoms with Crippen molar-refractivity contribution >= 4 is 0 Å². The smallest absolute Gasteiger partial charge is 0.0614 e. The highest BCUT2D eigenvalue weighted by Gasteiger charge is 2.44. The molecule has 2 saturated carbocycles. The van der Waals surface area contributed by atoms with Crippen LogP contribution in [0.2, 0.25) is 0 Å². The number of aliphatic hydroxyl groups is 1. The molecule has 0 aromatic carbocycles. The van der Waals surface area contributed by atoms with Crippen molar-refractivity contribution in [1.82, 2.24) is 10.2 Å². The molecule has 2 aliphatic carbocycles. The second-order valence-corrected chi connectivity index (χ2v) is 7.05. The predicted octanol–water partition coefficient (Wildman–Crippen LogP) is 2.29. The van der Waals surface area contributed by atoms with Crippen molar-refractivity contribution in [3.8, 4) is 0 Å². The summed E-state index contributed by atoms with van der Waals surface area (Å²) in [6.45, 7) is 3.94. The molecule has 3 aliphatic rings. The van der Waals surface area contributed by atoms with E-state index in [-0.39, 0.29) is 5.54 Å². The van der Waals surface area contributed by atoms with Gasteiger partial charge in [0.25, 0.3) is 0 Å². The molecule has 0 bridgehead atoms. The van der Waals surface area contributed by atoms with E-state index in [1.807, 2.05) is 0 Å². The van der Waals surface area contributed by atoms with Gasteiger partial charge in [0.1, 0.15) is 0 Å². The van der Waals surface area contributed by atoms with Crippen LogP contribution >= 0.6 is 0 Å². The van der Waals surface area contributed by atoms with Crippen molar-refractivity contribution in [2.24, 2.45) is 0 Å². The van der Waals surface area contributed by atoms with E-state index >= 15 is 0 Å². The van der Waals surface area contributed by atoms with Gasteiger partial charge in [-0.25, -0.2) is 0 Å². The molecule has 1 aliphatic heterocycles. The predicted molar refractivity (Wildman–Crippen MR) is 78.2 cm³/mol. The van der Waals surface area contributed by atoms with Gasteiger partial charge in [0.15, 0.2) is 0 Å². The minimum absolute atomic E-state index is 0.0432. The lowest BCUT2D eigenvalue weighted by atomic mass is 9.95. The molecule has 0 aromatic heterocycles. The van der Waals surface area contributed by atoms with Gasteiger partial charge < -0.3 is 10.4 Å². The summed E-state index contributed by atoms with van der Waals surface area (Å²) < 4.78 is 0. The summed E-state index contributed by atoms with van der Waals surface area (Å²) in [6, 6.07) is 2.21. The molecule has 19 heavy (non-hydrogen) atoms. The second kappa shape index (κ2) is 5.71. The molecular weight excluding hydrogens is 236 g/mol. The van der Waals surface area contributed by atoms with Crippen LogP contribution in [0.3, 0.4) is 0 Å². The molecule has 3 heteroatoms. The van der Waals surface area contributed by atoms with E-state index in [0.29, 0.717) is 18.7 Å². The van der Waals surface area contributed by atoms with Crippen molar-refractivity contribution in [1.29, 1.82) is 0 Å². The Balaban J connectivity index is 1.62. The van der Waals surface area contributed by atoms with Gasteiger partial charge in [-0.3, -0.25) is 4.90 Å². The zero-order valence-electron chi connectivity index (χ0n) is 12.4. The van der Waals surface area contributed by atoms with E-state index < -0.39 is 0 Å².